The molecule has 8 nitrogen and oxygen atoms in total. The lowest BCUT2D eigenvalue weighted by Crippen LogP contribution is -2.49. The number of nitrogens with zero attached hydrogens (tertiary/aromatic N) is 2. The summed E-state index contributed by atoms with van der Waals surface area (Å²) in [5, 5.41) is 5.43. The molecule has 0 radical (unpaired) electrons. The van der Waals surface area contributed by atoms with Gasteiger partial charge in [0.15, 0.2) is 0 Å². The molecule has 33 heavy (non-hydrogen) atoms. The molecule has 0 spiro atoms. The normalized spacial score (nSPS) is 11.6. The summed E-state index contributed by atoms with van der Waals surface area (Å²) in [5.74, 6) is -1.25. The number of amides is 2. The van der Waals surface area contributed by atoms with Gasteiger partial charge in [0.1, 0.15) is 11.9 Å². The fraction of sp³-hybridized carbons (Fsp3) is 0.250. The number of rotatable bonds is 8. The Kier molecular flexibility index (Phi) is 7.55. The van der Waals surface area contributed by atoms with Crippen LogP contribution in [0.4, 0.5) is 4.39 Å². The molecule has 1 unspecified atom stereocenters. The van der Waals surface area contributed by atoms with Crippen molar-refractivity contribution >= 4 is 11.8 Å². The monoisotopic (exact) mass is 452 g/mol. The van der Waals surface area contributed by atoms with Crippen LogP contribution in [0.15, 0.2) is 70.3 Å². The maximum Gasteiger partial charge on any atom is 0.330 e. The Labute approximate surface area is 189 Å². The Balaban J connectivity index is 1.73. The highest BCUT2D eigenvalue weighted by molar-refractivity contribution is 5.88. The molecule has 1 atom stereocenters. The number of benzene rings is 2. The summed E-state index contributed by atoms with van der Waals surface area (Å²) in [7, 11) is 2.88. The van der Waals surface area contributed by atoms with Crippen molar-refractivity contribution in [1.29, 1.82) is 0 Å². The summed E-state index contributed by atoms with van der Waals surface area (Å²) in [6, 6.07) is 15.2. The molecule has 0 bridgehead atoms. The van der Waals surface area contributed by atoms with Gasteiger partial charge in [-0.3, -0.25) is 23.5 Å². The molecular weight excluding hydrogens is 427 g/mol. The van der Waals surface area contributed by atoms with E-state index in [0.29, 0.717) is 11.3 Å². The van der Waals surface area contributed by atoms with Gasteiger partial charge in [-0.1, -0.05) is 42.5 Å². The number of hydrogen-bond donors (Lipinski definition) is 2. The van der Waals surface area contributed by atoms with Crippen molar-refractivity contribution in [2.75, 3.05) is 0 Å². The Morgan fingerprint density at radius 1 is 0.939 bits per heavy atom. The van der Waals surface area contributed by atoms with E-state index >= 15 is 0 Å². The number of carbonyl (C=O) groups excluding carboxylic acids is 2. The standard InChI is InChI=1S/C24H25FN4O4/c1-28-19(14-22(31)29(2)24(28)33)15-26-23(32)20(12-16-6-4-3-5-7-16)27-21(30)13-17-8-10-18(25)11-9-17/h3-11,14,20H,12-13,15H2,1-2H3,(H,26,32)(H,27,30). The fourth-order valence-corrected chi connectivity index (χ4v) is 3.34. The van der Waals surface area contributed by atoms with Crippen LogP contribution in [0.2, 0.25) is 0 Å². The van der Waals surface area contributed by atoms with Crippen molar-refractivity contribution in [3.05, 3.63) is 104 Å². The molecule has 0 saturated heterocycles. The van der Waals surface area contributed by atoms with E-state index < -0.39 is 34.9 Å². The molecule has 2 aromatic carbocycles. The molecule has 2 N–H and O–H groups in total. The van der Waals surface area contributed by atoms with E-state index in [1.807, 2.05) is 30.3 Å². The van der Waals surface area contributed by atoms with E-state index in [2.05, 4.69) is 10.6 Å². The predicted octanol–water partition coefficient (Wildman–Crippen LogP) is 0.809. The van der Waals surface area contributed by atoms with Crippen LogP contribution in [-0.2, 0) is 43.1 Å². The largest absolute Gasteiger partial charge is 0.349 e. The molecule has 0 aliphatic heterocycles. The number of halogens is 1. The highest BCUT2D eigenvalue weighted by atomic mass is 19.1. The molecule has 1 heterocycles. The maximum atomic E-state index is 13.1. The van der Waals surface area contributed by atoms with E-state index in [0.717, 1.165) is 10.1 Å². The van der Waals surface area contributed by atoms with E-state index in [1.54, 1.807) is 0 Å². The topological polar surface area (TPSA) is 102 Å². The average molecular weight is 452 g/mol. The summed E-state index contributed by atoms with van der Waals surface area (Å²) in [6.07, 6.45) is 0.236. The van der Waals surface area contributed by atoms with Crippen LogP contribution in [-0.4, -0.2) is 27.0 Å². The quantitative estimate of drug-likeness (QED) is 0.528. The second-order valence-electron chi connectivity index (χ2n) is 7.71. The first kappa shape index (κ1) is 23.6. The van der Waals surface area contributed by atoms with Gasteiger partial charge >= 0.3 is 5.69 Å². The zero-order chi connectivity index (χ0) is 24.0. The van der Waals surface area contributed by atoms with E-state index in [1.165, 1.54) is 49.0 Å². The zero-order valence-corrected chi connectivity index (χ0v) is 18.4. The molecule has 0 aliphatic rings. The first-order chi connectivity index (χ1) is 15.7. The molecule has 3 rings (SSSR count). The van der Waals surface area contributed by atoms with Crippen LogP contribution >= 0.6 is 0 Å². The first-order valence-electron chi connectivity index (χ1n) is 10.4. The maximum absolute atomic E-state index is 13.1. The number of hydrogen-bond acceptors (Lipinski definition) is 4. The van der Waals surface area contributed by atoms with Crippen LogP contribution < -0.4 is 21.9 Å². The Morgan fingerprint density at radius 3 is 2.27 bits per heavy atom. The van der Waals surface area contributed by atoms with Gasteiger partial charge in [0.25, 0.3) is 5.56 Å². The van der Waals surface area contributed by atoms with Gasteiger partial charge in [0.2, 0.25) is 11.8 Å². The highest BCUT2D eigenvalue weighted by Gasteiger charge is 2.22. The van der Waals surface area contributed by atoms with Gasteiger partial charge in [0.05, 0.1) is 13.0 Å². The minimum atomic E-state index is -0.885. The van der Waals surface area contributed by atoms with Crippen LogP contribution in [0.1, 0.15) is 16.8 Å². The molecule has 3 aromatic rings. The third kappa shape index (κ3) is 6.25. The van der Waals surface area contributed by atoms with Crippen molar-refractivity contribution in [1.82, 2.24) is 19.8 Å². The summed E-state index contributed by atoms with van der Waals surface area (Å²) >= 11 is 0. The van der Waals surface area contributed by atoms with Crippen molar-refractivity contribution in [3.8, 4) is 0 Å². The van der Waals surface area contributed by atoms with Crippen molar-refractivity contribution < 1.29 is 14.0 Å². The van der Waals surface area contributed by atoms with Crippen molar-refractivity contribution in [2.24, 2.45) is 14.1 Å². The third-order valence-corrected chi connectivity index (χ3v) is 5.28. The van der Waals surface area contributed by atoms with Crippen molar-refractivity contribution in [2.45, 2.75) is 25.4 Å². The number of aromatic nitrogens is 2. The lowest BCUT2D eigenvalue weighted by molar-refractivity contribution is -0.128. The van der Waals surface area contributed by atoms with E-state index in [4.69, 9.17) is 0 Å². The molecule has 0 aliphatic carbocycles. The molecule has 172 valence electrons. The first-order valence-corrected chi connectivity index (χ1v) is 10.4. The second-order valence-corrected chi connectivity index (χ2v) is 7.71. The second kappa shape index (κ2) is 10.5. The van der Waals surface area contributed by atoms with E-state index in [9.17, 15) is 23.6 Å². The van der Waals surface area contributed by atoms with E-state index in [-0.39, 0.29) is 19.4 Å². The lowest BCUT2D eigenvalue weighted by atomic mass is 10.0. The highest BCUT2D eigenvalue weighted by Crippen LogP contribution is 2.07. The van der Waals surface area contributed by atoms with Gasteiger partial charge in [-0.05, 0) is 23.3 Å². The average Bonchev–Trinajstić information content (AvgIpc) is 2.80. The minimum absolute atomic E-state index is 0.0118. The smallest absolute Gasteiger partial charge is 0.330 e. The molecule has 0 saturated carbocycles. The number of carbonyl (C=O) groups is 2. The third-order valence-electron chi connectivity index (χ3n) is 5.28. The Bertz CT molecular complexity index is 1250. The summed E-state index contributed by atoms with van der Waals surface area (Å²) in [5.41, 5.74) is 0.826. The molecular formula is C24H25FN4O4. The number of nitrogens with one attached hydrogen (secondary N) is 2. The van der Waals surface area contributed by atoms with Gasteiger partial charge < -0.3 is 10.6 Å². The van der Waals surface area contributed by atoms with Gasteiger partial charge in [-0.15, -0.1) is 0 Å². The van der Waals surface area contributed by atoms with Gasteiger partial charge in [-0.25, -0.2) is 9.18 Å². The Hall–Kier alpha value is -4.01. The van der Waals surface area contributed by atoms with Crippen LogP contribution in [0.3, 0.4) is 0 Å². The Morgan fingerprint density at radius 2 is 1.61 bits per heavy atom. The zero-order valence-electron chi connectivity index (χ0n) is 18.4. The SMILES string of the molecule is Cn1c(CNC(=O)C(Cc2ccccc2)NC(=O)Cc2ccc(F)cc2)cc(=O)n(C)c1=O. The van der Waals surface area contributed by atoms with Gasteiger partial charge in [0, 0.05) is 32.3 Å². The van der Waals surface area contributed by atoms with Gasteiger partial charge in [-0.2, -0.15) is 0 Å². The molecule has 0 fully saturated rings. The van der Waals surface area contributed by atoms with Crippen LogP contribution in [0.5, 0.6) is 0 Å². The van der Waals surface area contributed by atoms with Crippen LogP contribution in [0, 0.1) is 5.82 Å². The minimum Gasteiger partial charge on any atom is -0.349 e. The lowest BCUT2D eigenvalue weighted by Gasteiger charge is -2.19. The molecule has 2 amide bonds. The molecule has 1 aromatic heterocycles. The molecule has 9 heteroatoms. The summed E-state index contributed by atoms with van der Waals surface area (Å²) in [6.45, 7) is -0.0558. The predicted molar refractivity (Wildman–Crippen MR) is 121 cm³/mol. The summed E-state index contributed by atoms with van der Waals surface area (Å²) < 4.78 is 15.4. The fourth-order valence-electron chi connectivity index (χ4n) is 3.34. The van der Waals surface area contributed by atoms with Crippen molar-refractivity contribution in [3.63, 3.8) is 0 Å². The summed E-state index contributed by atoms with van der Waals surface area (Å²) in [4.78, 5) is 49.6. The van der Waals surface area contributed by atoms with Crippen LogP contribution in [0.25, 0.3) is 0 Å².